The zero-order valence-corrected chi connectivity index (χ0v) is 20.3. The van der Waals surface area contributed by atoms with Crippen LogP contribution >= 0.6 is 11.8 Å². The Hall–Kier alpha value is -3.53. The topological polar surface area (TPSA) is 102 Å². The molecule has 0 amide bonds. The predicted octanol–water partition coefficient (Wildman–Crippen LogP) is 5.05. The summed E-state index contributed by atoms with van der Waals surface area (Å²) in [6.45, 7) is 10.4. The van der Waals surface area contributed by atoms with Crippen molar-refractivity contribution in [1.82, 2.24) is 14.8 Å². The number of benzene rings is 2. The molecule has 0 saturated carbocycles. The van der Waals surface area contributed by atoms with Gasteiger partial charge in [0.25, 0.3) is 0 Å². The molecular formula is C24H28N4O5S. The minimum absolute atomic E-state index is 0.293. The van der Waals surface area contributed by atoms with Crippen LogP contribution in [0, 0.1) is 17.0 Å². The molecule has 0 spiro atoms. The van der Waals surface area contributed by atoms with E-state index >= 15 is 0 Å². The number of aromatic nitrogens is 3. The number of nitrogens with zero attached hydrogens (tertiary/aromatic N) is 4. The predicted molar refractivity (Wildman–Crippen MR) is 131 cm³/mol. The normalized spacial score (nSPS) is 11.6. The van der Waals surface area contributed by atoms with Crippen LogP contribution in [-0.2, 0) is 0 Å². The van der Waals surface area contributed by atoms with Gasteiger partial charge in [0, 0.05) is 10.6 Å². The number of thioether (sulfide) groups is 1. The molecule has 3 rings (SSSR count). The Bertz CT molecular complexity index is 1120. The van der Waals surface area contributed by atoms with Gasteiger partial charge in [0.15, 0.2) is 16.7 Å². The third-order valence-electron chi connectivity index (χ3n) is 4.76. The molecule has 0 radical (unpaired) electrons. The number of hydrogen-bond acceptors (Lipinski definition) is 8. The van der Waals surface area contributed by atoms with Crippen molar-refractivity contribution in [1.29, 1.82) is 0 Å². The first-order chi connectivity index (χ1) is 16.5. The zero-order valence-electron chi connectivity index (χ0n) is 19.5. The van der Waals surface area contributed by atoms with Crippen LogP contribution in [0.4, 0.5) is 0 Å². The zero-order chi connectivity index (χ0) is 24.5. The van der Waals surface area contributed by atoms with Crippen molar-refractivity contribution < 1.29 is 19.1 Å². The second-order valence-electron chi connectivity index (χ2n) is 7.15. The van der Waals surface area contributed by atoms with Crippen molar-refractivity contribution in [3.8, 4) is 22.9 Å². The van der Waals surface area contributed by atoms with Crippen LogP contribution in [0.3, 0.4) is 0 Å². The molecule has 180 valence electrons. The van der Waals surface area contributed by atoms with E-state index in [1.165, 1.54) is 11.8 Å². The van der Waals surface area contributed by atoms with Crippen LogP contribution in [0.15, 0.2) is 60.3 Å². The number of ether oxygens (including phenoxy) is 3. The van der Waals surface area contributed by atoms with E-state index in [1.54, 1.807) is 18.2 Å². The fraction of sp³-hybridized carbons (Fsp3) is 0.333. The lowest BCUT2D eigenvalue weighted by molar-refractivity contribution is -0.479. The maximum atomic E-state index is 11.5. The van der Waals surface area contributed by atoms with Crippen molar-refractivity contribution in [3.05, 3.63) is 76.6 Å². The van der Waals surface area contributed by atoms with Crippen LogP contribution < -0.4 is 14.2 Å². The highest BCUT2D eigenvalue weighted by Crippen LogP contribution is 2.39. The van der Waals surface area contributed by atoms with Gasteiger partial charge in [0.1, 0.15) is 23.4 Å². The lowest BCUT2D eigenvalue weighted by Crippen LogP contribution is -2.11. The maximum absolute atomic E-state index is 11.5. The fourth-order valence-electron chi connectivity index (χ4n) is 3.31. The Morgan fingerprint density at radius 2 is 1.82 bits per heavy atom. The Morgan fingerprint density at radius 3 is 2.47 bits per heavy atom. The van der Waals surface area contributed by atoms with Gasteiger partial charge in [-0.1, -0.05) is 30.5 Å². The molecule has 0 aliphatic carbocycles. The average molecular weight is 485 g/mol. The Morgan fingerprint density at radius 1 is 1.09 bits per heavy atom. The second kappa shape index (κ2) is 12.1. The largest absolute Gasteiger partial charge is 0.494 e. The summed E-state index contributed by atoms with van der Waals surface area (Å²) in [6.07, 6.45) is 1.64. The van der Waals surface area contributed by atoms with Gasteiger partial charge in [-0.05, 0) is 62.7 Å². The molecule has 9 nitrogen and oxygen atoms in total. The summed E-state index contributed by atoms with van der Waals surface area (Å²) >= 11 is 1.28. The fourth-order valence-corrected chi connectivity index (χ4v) is 4.47. The molecule has 2 aromatic carbocycles. The SMILES string of the molecule is C=CCOc1ccc([C@@H](C[N+](=O)[O-])Sc2nnc(C)n2-c2ccc(OCC)cc2)cc1OCC. The van der Waals surface area contributed by atoms with E-state index in [-0.39, 0.29) is 11.5 Å². The third kappa shape index (κ3) is 6.28. The van der Waals surface area contributed by atoms with Gasteiger partial charge in [-0.15, -0.1) is 10.2 Å². The van der Waals surface area contributed by atoms with Crippen molar-refractivity contribution in [2.75, 3.05) is 26.4 Å². The summed E-state index contributed by atoms with van der Waals surface area (Å²) in [4.78, 5) is 11.2. The molecule has 0 fully saturated rings. The monoisotopic (exact) mass is 484 g/mol. The van der Waals surface area contributed by atoms with Gasteiger partial charge in [-0.3, -0.25) is 14.7 Å². The molecule has 0 unspecified atom stereocenters. The number of aryl methyl sites for hydroxylation is 1. The van der Waals surface area contributed by atoms with E-state index in [2.05, 4.69) is 16.8 Å². The van der Waals surface area contributed by atoms with Gasteiger partial charge >= 0.3 is 0 Å². The molecule has 0 N–H and O–H groups in total. The van der Waals surface area contributed by atoms with E-state index in [0.717, 1.165) is 17.0 Å². The Balaban J connectivity index is 1.94. The lowest BCUT2D eigenvalue weighted by atomic mass is 10.1. The van der Waals surface area contributed by atoms with E-state index in [1.807, 2.05) is 55.7 Å². The van der Waals surface area contributed by atoms with Gasteiger partial charge in [0.05, 0.1) is 13.2 Å². The van der Waals surface area contributed by atoms with Crippen molar-refractivity contribution >= 4 is 11.8 Å². The standard InChI is InChI=1S/C24H28N4O5S/c1-5-14-33-21-13-8-18(15-22(21)32-7-3)23(16-27(29)30)34-24-26-25-17(4)28(24)19-9-11-20(12-10-19)31-6-2/h5,8-13,15,23H,1,6-7,14,16H2,2-4H3/t23-/m1/s1. The van der Waals surface area contributed by atoms with Crippen molar-refractivity contribution in [2.45, 2.75) is 31.2 Å². The van der Waals surface area contributed by atoms with Crippen LogP contribution in [0.25, 0.3) is 5.69 Å². The van der Waals surface area contributed by atoms with E-state index in [4.69, 9.17) is 14.2 Å². The van der Waals surface area contributed by atoms with Crippen molar-refractivity contribution in [3.63, 3.8) is 0 Å². The van der Waals surface area contributed by atoms with Crippen LogP contribution in [0.5, 0.6) is 17.2 Å². The number of hydrogen-bond donors (Lipinski definition) is 0. The van der Waals surface area contributed by atoms with E-state index < -0.39 is 5.25 Å². The molecular weight excluding hydrogens is 456 g/mol. The van der Waals surface area contributed by atoms with Gasteiger partial charge < -0.3 is 14.2 Å². The minimum atomic E-state index is -0.521. The molecule has 0 bridgehead atoms. The van der Waals surface area contributed by atoms with Crippen LogP contribution in [-0.4, -0.2) is 46.1 Å². The quantitative estimate of drug-likeness (QED) is 0.144. The second-order valence-corrected chi connectivity index (χ2v) is 8.32. The van der Waals surface area contributed by atoms with E-state index in [9.17, 15) is 10.1 Å². The van der Waals surface area contributed by atoms with E-state index in [0.29, 0.717) is 42.3 Å². The Kier molecular flexibility index (Phi) is 8.92. The Labute approximate surface area is 202 Å². The van der Waals surface area contributed by atoms with Crippen LogP contribution in [0.2, 0.25) is 0 Å². The molecule has 1 atom stereocenters. The molecule has 0 aliphatic heterocycles. The molecule has 1 heterocycles. The summed E-state index contributed by atoms with van der Waals surface area (Å²) in [5.74, 6) is 2.53. The van der Waals surface area contributed by atoms with Crippen LogP contribution in [0.1, 0.15) is 30.5 Å². The summed E-state index contributed by atoms with van der Waals surface area (Å²) in [5, 5.41) is 20.1. The molecule has 1 aromatic heterocycles. The summed E-state index contributed by atoms with van der Waals surface area (Å²) in [6, 6.07) is 12.9. The molecule has 34 heavy (non-hydrogen) atoms. The molecule has 3 aromatic rings. The first-order valence-electron chi connectivity index (χ1n) is 10.9. The smallest absolute Gasteiger partial charge is 0.220 e. The number of rotatable bonds is 13. The van der Waals surface area contributed by atoms with Gasteiger partial charge in [0.2, 0.25) is 6.54 Å². The van der Waals surface area contributed by atoms with Gasteiger partial charge in [-0.2, -0.15) is 0 Å². The first kappa shape index (κ1) is 25.1. The summed E-state index contributed by atoms with van der Waals surface area (Å²) in [5.41, 5.74) is 1.58. The average Bonchev–Trinajstić information content (AvgIpc) is 3.18. The van der Waals surface area contributed by atoms with Crippen molar-refractivity contribution in [2.24, 2.45) is 0 Å². The highest BCUT2D eigenvalue weighted by Gasteiger charge is 2.25. The highest BCUT2D eigenvalue weighted by atomic mass is 32.2. The number of nitro groups is 1. The molecule has 0 aliphatic rings. The first-order valence-corrected chi connectivity index (χ1v) is 11.8. The minimum Gasteiger partial charge on any atom is -0.494 e. The highest BCUT2D eigenvalue weighted by molar-refractivity contribution is 7.99. The summed E-state index contributed by atoms with van der Waals surface area (Å²) in [7, 11) is 0. The third-order valence-corrected chi connectivity index (χ3v) is 5.94. The summed E-state index contributed by atoms with van der Waals surface area (Å²) < 4.78 is 18.8. The maximum Gasteiger partial charge on any atom is 0.220 e. The molecule has 10 heteroatoms. The van der Waals surface area contributed by atoms with Gasteiger partial charge in [-0.25, -0.2) is 0 Å². The molecule has 0 saturated heterocycles. The lowest BCUT2D eigenvalue weighted by Gasteiger charge is -2.17.